The lowest BCUT2D eigenvalue weighted by atomic mass is 9.80. The topological polar surface area (TPSA) is 26.3 Å². The minimum Gasteiger partial charge on any atom is -0.461 e. The first-order valence-corrected chi connectivity index (χ1v) is 7.24. The maximum atomic E-state index is 11.9. The first-order valence-electron chi connectivity index (χ1n) is 6.00. The molecule has 0 spiro atoms. The van der Waals surface area contributed by atoms with E-state index in [0.717, 1.165) is 6.42 Å². The summed E-state index contributed by atoms with van der Waals surface area (Å²) in [5, 5.41) is 0. The van der Waals surface area contributed by atoms with Crippen LogP contribution in [0.3, 0.4) is 0 Å². The second-order valence-corrected chi connectivity index (χ2v) is 6.53. The van der Waals surface area contributed by atoms with Gasteiger partial charge in [0, 0.05) is 9.84 Å². The van der Waals surface area contributed by atoms with Gasteiger partial charge in [-0.3, -0.25) is 4.79 Å². The molecule has 1 aliphatic heterocycles. The molecule has 1 rings (SSSR count). The highest BCUT2D eigenvalue weighted by molar-refractivity contribution is 14.1. The Labute approximate surface area is 112 Å². The minimum absolute atomic E-state index is 0.00836. The van der Waals surface area contributed by atoms with E-state index in [0.29, 0.717) is 15.8 Å². The predicted molar refractivity (Wildman–Crippen MR) is 74.6 cm³/mol. The van der Waals surface area contributed by atoms with E-state index in [1.54, 1.807) is 0 Å². The number of allylic oxidation sites excluding steroid dienone is 2. The number of cyclic esters (lactones) is 1. The Hall–Kier alpha value is -0.0600. The maximum absolute atomic E-state index is 11.9. The Morgan fingerprint density at radius 2 is 2.19 bits per heavy atom. The summed E-state index contributed by atoms with van der Waals surface area (Å²) in [6.07, 6.45) is 5.26. The number of halogens is 1. The van der Waals surface area contributed by atoms with Gasteiger partial charge in [0.15, 0.2) is 0 Å². The van der Waals surface area contributed by atoms with Gasteiger partial charge >= 0.3 is 5.97 Å². The molecule has 0 amide bonds. The zero-order valence-electron chi connectivity index (χ0n) is 10.4. The fraction of sp³-hybridized carbons (Fsp3) is 0.769. The Balaban J connectivity index is 2.84. The summed E-state index contributed by atoms with van der Waals surface area (Å²) in [5.74, 6) is 0.683. The molecule has 0 unspecified atom stereocenters. The van der Waals surface area contributed by atoms with Gasteiger partial charge in [0.05, 0.1) is 5.92 Å². The molecule has 0 saturated carbocycles. The standard InChI is InChI=1S/C13H21IO2/c1-5-7-10(6-2)11-8(3)12(9(4)14)16-13(11)15/h5,7-12H,6H2,1-4H3/b7-5+/t8-,9+,10+,11-,12-/m1/s1. The molecule has 92 valence electrons. The Bertz CT molecular complexity index is 273. The minimum atomic E-state index is -0.00836. The first kappa shape index (κ1) is 14.0. The monoisotopic (exact) mass is 336 g/mol. The molecule has 1 aliphatic rings. The number of hydrogen-bond acceptors (Lipinski definition) is 2. The van der Waals surface area contributed by atoms with Gasteiger partial charge in [-0.2, -0.15) is 0 Å². The van der Waals surface area contributed by atoms with Gasteiger partial charge in [-0.05, 0) is 26.2 Å². The van der Waals surface area contributed by atoms with Gasteiger partial charge in [0.1, 0.15) is 6.10 Å². The second kappa shape index (κ2) is 6.03. The fourth-order valence-electron chi connectivity index (χ4n) is 2.57. The van der Waals surface area contributed by atoms with Crippen LogP contribution >= 0.6 is 22.6 Å². The van der Waals surface area contributed by atoms with Crippen molar-refractivity contribution in [1.29, 1.82) is 0 Å². The summed E-state index contributed by atoms with van der Waals surface area (Å²) in [4.78, 5) is 11.9. The Morgan fingerprint density at radius 1 is 1.56 bits per heavy atom. The van der Waals surface area contributed by atoms with E-state index in [9.17, 15) is 4.79 Å². The van der Waals surface area contributed by atoms with Crippen molar-refractivity contribution in [1.82, 2.24) is 0 Å². The smallest absolute Gasteiger partial charge is 0.310 e. The van der Waals surface area contributed by atoms with Crippen LogP contribution in [0.4, 0.5) is 0 Å². The van der Waals surface area contributed by atoms with Crippen LogP contribution in [0.5, 0.6) is 0 Å². The van der Waals surface area contributed by atoms with Crippen LogP contribution in [-0.2, 0) is 9.53 Å². The summed E-state index contributed by atoms with van der Waals surface area (Å²) in [6.45, 7) is 8.38. The molecule has 0 N–H and O–H groups in total. The van der Waals surface area contributed by atoms with Crippen molar-refractivity contribution in [2.24, 2.45) is 17.8 Å². The molecule has 1 heterocycles. The van der Waals surface area contributed by atoms with E-state index in [4.69, 9.17) is 4.74 Å². The van der Waals surface area contributed by atoms with Gasteiger partial charge in [-0.1, -0.05) is 48.6 Å². The van der Waals surface area contributed by atoms with Crippen molar-refractivity contribution < 1.29 is 9.53 Å². The van der Waals surface area contributed by atoms with Crippen LogP contribution in [0.1, 0.15) is 34.1 Å². The van der Waals surface area contributed by atoms with E-state index in [-0.39, 0.29) is 18.0 Å². The SMILES string of the molecule is C/C=C/[C@H](CC)[C@@H]1C(=O)O[C@@H]([C@H](C)I)[C@@H]1C. The number of carbonyl (C=O) groups is 1. The van der Waals surface area contributed by atoms with Crippen molar-refractivity contribution in [3.63, 3.8) is 0 Å². The molecule has 0 radical (unpaired) electrons. The molecule has 1 saturated heterocycles. The first-order chi connectivity index (χ1) is 7.52. The summed E-state index contributed by atoms with van der Waals surface area (Å²) in [7, 11) is 0. The third-order valence-electron chi connectivity index (χ3n) is 3.43. The van der Waals surface area contributed by atoms with Crippen LogP contribution in [-0.4, -0.2) is 16.0 Å². The molecule has 0 aromatic carbocycles. The van der Waals surface area contributed by atoms with E-state index in [2.05, 4.69) is 49.4 Å². The molecule has 2 nitrogen and oxygen atoms in total. The molecule has 0 aromatic heterocycles. The molecular weight excluding hydrogens is 315 g/mol. The Kier molecular flexibility index (Phi) is 5.28. The molecule has 0 bridgehead atoms. The van der Waals surface area contributed by atoms with Crippen LogP contribution in [0.2, 0.25) is 0 Å². The van der Waals surface area contributed by atoms with Crippen molar-refractivity contribution in [2.45, 2.75) is 44.1 Å². The van der Waals surface area contributed by atoms with Crippen molar-refractivity contribution in [2.75, 3.05) is 0 Å². The lowest BCUT2D eigenvalue weighted by Gasteiger charge is -2.22. The number of hydrogen-bond donors (Lipinski definition) is 0. The van der Waals surface area contributed by atoms with Gasteiger partial charge < -0.3 is 4.74 Å². The second-order valence-electron chi connectivity index (χ2n) is 4.56. The van der Waals surface area contributed by atoms with Gasteiger partial charge in [-0.15, -0.1) is 0 Å². The fourth-order valence-corrected chi connectivity index (χ4v) is 3.37. The third-order valence-corrected chi connectivity index (χ3v) is 4.14. The highest BCUT2D eigenvalue weighted by Gasteiger charge is 2.45. The maximum Gasteiger partial charge on any atom is 0.310 e. The van der Waals surface area contributed by atoms with Crippen LogP contribution in [0.25, 0.3) is 0 Å². The largest absolute Gasteiger partial charge is 0.461 e. The van der Waals surface area contributed by atoms with Crippen molar-refractivity contribution in [3.8, 4) is 0 Å². The number of alkyl halides is 1. The van der Waals surface area contributed by atoms with E-state index in [1.807, 2.05) is 13.0 Å². The highest BCUT2D eigenvalue weighted by atomic mass is 127. The highest BCUT2D eigenvalue weighted by Crippen LogP contribution is 2.38. The zero-order valence-corrected chi connectivity index (χ0v) is 12.6. The number of ether oxygens (including phenoxy) is 1. The molecule has 16 heavy (non-hydrogen) atoms. The summed E-state index contributed by atoms with van der Waals surface area (Å²) < 4.78 is 5.88. The molecule has 3 heteroatoms. The quantitative estimate of drug-likeness (QED) is 0.339. The summed E-state index contributed by atoms with van der Waals surface area (Å²) in [5.41, 5.74) is 0. The van der Waals surface area contributed by atoms with Gasteiger partial charge in [-0.25, -0.2) is 0 Å². The van der Waals surface area contributed by atoms with Gasteiger partial charge in [0.2, 0.25) is 0 Å². The summed E-state index contributed by atoms with van der Waals surface area (Å²) >= 11 is 2.34. The van der Waals surface area contributed by atoms with Crippen molar-refractivity contribution >= 4 is 28.6 Å². The zero-order chi connectivity index (χ0) is 12.3. The molecule has 0 aromatic rings. The summed E-state index contributed by atoms with van der Waals surface area (Å²) in [6, 6.07) is 0. The number of esters is 1. The predicted octanol–water partition coefficient (Wildman–Crippen LogP) is 3.59. The molecule has 0 aliphatic carbocycles. The normalized spacial score (nSPS) is 34.1. The van der Waals surface area contributed by atoms with Crippen LogP contribution < -0.4 is 0 Å². The average Bonchev–Trinajstić information content (AvgIpc) is 2.52. The van der Waals surface area contributed by atoms with Gasteiger partial charge in [0.25, 0.3) is 0 Å². The molecular formula is C13H21IO2. The van der Waals surface area contributed by atoms with Crippen LogP contribution in [0, 0.1) is 17.8 Å². The van der Waals surface area contributed by atoms with E-state index in [1.165, 1.54) is 0 Å². The van der Waals surface area contributed by atoms with Crippen molar-refractivity contribution in [3.05, 3.63) is 12.2 Å². The number of carbonyl (C=O) groups excluding carboxylic acids is 1. The molecule has 5 atom stereocenters. The van der Waals surface area contributed by atoms with E-state index < -0.39 is 0 Å². The Morgan fingerprint density at radius 3 is 2.56 bits per heavy atom. The average molecular weight is 336 g/mol. The molecule has 1 fully saturated rings. The lowest BCUT2D eigenvalue weighted by molar-refractivity contribution is -0.144. The van der Waals surface area contributed by atoms with Crippen LogP contribution in [0.15, 0.2) is 12.2 Å². The lowest BCUT2D eigenvalue weighted by Crippen LogP contribution is -2.27. The van der Waals surface area contributed by atoms with E-state index >= 15 is 0 Å². The number of rotatable bonds is 4. The third kappa shape index (κ3) is 2.79.